The van der Waals surface area contributed by atoms with E-state index in [0.29, 0.717) is 0 Å². The smallest absolute Gasteiger partial charge is 0.0554 e. The number of fused-ring (bicyclic) bond motifs is 7. The predicted octanol–water partition coefficient (Wildman–Crippen LogP) is 11.5. The Morgan fingerprint density at radius 1 is 0.425 bits per heavy atom. The molecule has 40 heavy (non-hydrogen) atoms. The van der Waals surface area contributed by atoms with Gasteiger partial charge in [0.25, 0.3) is 0 Å². The van der Waals surface area contributed by atoms with Crippen molar-refractivity contribution in [3.63, 3.8) is 0 Å². The first-order valence-electron chi connectivity index (χ1n) is 13.6. The fourth-order valence-corrected chi connectivity index (χ4v) is 7.28. The SMILES string of the molecule is c1ccc(-c2cccc(N(c3ccccc3)c3cc4sc5c6ccccc6ccc5c4c4ccccc34)c2)cc1. The fourth-order valence-electron chi connectivity index (χ4n) is 5.99. The number of anilines is 3. The zero-order valence-corrected chi connectivity index (χ0v) is 22.6. The van der Waals surface area contributed by atoms with Crippen LogP contribution in [0.4, 0.5) is 17.1 Å². The maximum absolute atomic E-state index is 2.41. The van der Waals surface area contributed by atoms with Crippen LogP contribution in [0, 0.1) is 0 Å². The molecule has 0 aliphatic heterocycles. The van der Waals surface area contributed by atoms with Gasteiger partial charge in [-0.25, -0.2) is 0 Å². The van der Waals surface area contributed by atoms with E-state index < -0.39 is 0 Å². The van der Waals surface area contributed by atoms with Crippen molar-refractivity contribution < 1.29 is 0 Å². The molecule has 1 aromatic heterocycles. The molecule has 8 rings (SSSR count). The molecule has 0 N–H and O–H groups in total. The first-order valence-corrected chi connectivity index (χ1v) is 14.4. The molecule has 1 heterocycles. The van der Waals surface area contributed by atoms with Crippen molar-refractivity contribution in [2.45, 2.75) is 0 Å². The Balaban J connectivity index is 1.44. The van der Waals surface area contributed by atoms with Gasteiger partial charge in [0.1, 0.15) is 0 Å². The van der Waals surface area contributed by atoms with Crippen LogP contribution in [0.5, 0.6) is 0 Å². The lowest BCUT2D eigenvalue weighted by atomic mass is 9.99. The highest BCUT2D eigenvalue weighted by Crippen LogP contribution is 2.47. The Bertz CT molecular complexity index is 2160. The van der Waals surface area contributed by atoms with Crippen molar-refractivity contribution in [1.29, 1.82) is 0 Å². The maximum Gasteiger partial charge on any atom is 0.0554 e. The van der Waals surface area contributed by atoms with Crippen molar-refractivity contribution in [2.24, 2.45) is 0 Å². The number of nitrogens with zero attached hydrogens (tertiary/aromatic N) is 1. The summed E-state index contributed by atoms with van der Waals surface area (Å²) in [7, 11) is 0. The highest BCUT2D eigenvalue weighted by molar-refractivity contribution is 7.27. The molecule has 1 nitrogen and oxygen atoms in total. The molecule has 0 fully saturated rings. The summed E-state index contributed by atoms with van der Waals surface area (Å²) in [4.78, 5) is 2.41. The Hall–Kier alpha value is -4.92. The molecule has 0 unspecified atom stereocenters. The third-order valence-corrected chi connectivity index (χ3v) is 9.00. The van der Waals surface area contributed by atoms with Gasteiger partial charge in [0.15, 0.2) is 0 Å². The molecule has 0 amide bonds. The van der Waals surface area contributed by atoms with Crippen LogP contribution in [-0.2, 0) is 0 Å². The zero-order chi connectivity index (χ0) is 26.5. The van der Waals surface area contributed by atoms with Gasteiger partial charge < -0.3 is 4.90 Å². The molecular formula is C38H25NS. The van der Waals surface area contributed by atoms with Gasteiger partial charge in [-0.05, 0) is 57.6 Å². The minimum absolute atomic E-state index is 1.14. The van der Waals surface area contributed by atoms with Gasteiger partial charge in [-0.1, -0.05) is 121 Å². The second-order valence-corrected chi connectivity index (χ2v) is 11.2. The molecule has 0 atom stereocenters. The number of thiophene rings is 1. The van der Waals surface area contributed by atoms with Gasteiger partial charge in [0.2, 0.25) is 0 Å². The van der Waals surface area contributed by atoms with Crippen molar-refractivity contribution >= 4 is 70.1 Å². The van der Waals surface area contributed by atoms with Crippen LogP contribution in [0.25, 0.3) is 52.8 Å². The van der Waals surface area contributed by atoms with Gasteiger partial charge in [0, 0.05) is 36.9 Å². The molecule has 2 heteroatoms. The van der Waals surface area contributed by atoms with Gasteiger partial charge in [-0.15, -0.1) is 11.3 Å². The predicted molar refractivity (Wildman–Crippen MR) is 174 cm³/mol. The molecule has 0 saturated heterocycles. The summed E-state index contributed by atoms with van der Waals surface area (Å²) in [6.07, 6.45) is 0. The second kappa shape index (κ2) is 9.37. The number of para-hydroxylation sites is 1. The summed E-state index contributed by atoms with van der Waals surface area (Å²) in [5.74, 6) is 0. The van der Waals surface area contributed by atoms with E-state index in [0.717, 1.165) is 11.4 Å². The van der Waals surface area contributed by atoms with Crippen LogP contribution in [0.15, 0.2) is 152 Å². The van der Waals surface area contributed by atoms with Crippen LogP contribution < -0.4 is 4.90 Å². The molecule has 188 valence electrons. The number of benzene rings is 7. The van der Waals surface area contributed by atoms with Gasteiger partial charge in [-0.3, -0.25) is 0 Å². The Labute approximate surface area is 237 Å². The largest absolute Gasteiger partial charge is 0.310 e. The highest BCUT2D eigenvalue weighted by atomic mass is 32.1. The quantitative estimate of drug-likeness (QED) is 0.220. The lowest BCUT2D eigenvalue weighted by Gasteiger charge is -2.27. The molecule has 7 aromatic carbocycles. The minimum atomic E-state index is 1.14. The fraction of sp³-hybridized carbons (Fsp3) is 0. The molecule has 0 bridgehead atoms. The van der Waals surface area contributed by atoms with E-state index in [1.165, 1.54) is 58.5 Å². The standard InChI is InChI=1S/C38H25NS/c1-3-12-26(13-4-1)28-15-11-18-30(24-28)39(29-16-5-2-6-17-29)35-25-36-37(33-21-10-9-20-32(33)35)34-23-22-27-14-7-8-19-31(27)38(34)40-36/h1-25H. The average Bonchev–Trinajstić information content (AvgIpc) is 3.42. The van der Waals surface area contributed by atoms with E-state index in [1.807, 2.05) is 11.3 Å². The molecule has 0 aliphatic rings. The van der Waals surface area contributed by atoms with Crippen molar-refractivity contribution in [1.82, 2.24) is 0 Å². The summed E-state index contributed by atoms with van der Waals surface area (Å²) in [5.41, 5.74) is 5.90. The lowest BCUT2D eigenvalue weighted by molar-refractivity contribution is 1.30. The Morgan fingerprint density at radius 3 is 1.90 bits per heavy atom. The topological polar surface area (TPSA) is 3.24 Å². The maximum atomic E-state index is 2.41. The molecular weight excluding hydrogens is 502 g/mol. The molecule has 8 aromatic rings. The number of hydrogen-bond donors (Lipinski definition) is 0. The molecule has 0 saturated carbocycles. The van der Waals surface area contributed by atoms with E-state index in [1.54, 1.807) is 0 Å². The summed E-state index contributed by atoms with van der Waals surface area (Å²) in [6, 6.07) is 54.8. The van der Waals surface area contributed by atoms with Gasteiger partial charge >= 0.3 is 0 Å². The average molecular weight is 528 g/mol. The summed E-state index contributed by atoms with van der Waals surface area (Å²) in [5, 5.41) is 7.82. The van der Waals surface area contributed by atoms with Crippen LogP contribution in [0.3, 0.4) is 0 Å². The van der Waals surface area contributed by atoms with Crippen LogP contribution in [0.2, 0.25) is 0 Å². The van der Waals surface area contributed by atoms with Crippen LogP contribution in [-0.4, -0.2) is 0 Å². The van der Waals surface area contributed by atoms with Crippen molar-refractivity contribution in [3.05, 3.63) is 152 Å². The van der Waals surface area contributed by atoms with Crippen molar-refractivity contribution in [2.75, 3.05) is 4.90 Å². The highest BCUT2D eigenvalue weighted by Gasteiger charge is 2.20. The number of rotatable bonds is 4. The van der Waals surface area contributed by atoms with E-state index in [-0.39, 0.29) is 0 Å². The number of hydrogen-bond acceptors (Lipinski definition) is 2. The van der Waals surface area contributed by atoms with Gasteiger partial charge in [-0.2, -0.15) is 0 Å². The zero-order valence-electron chi connectivity index (χ0n) is 21.8. The van der Waals surface area contributed by atoms with Crippen LogP contribution in [0.1, 0.15) is 0 Å². The molecule has 0 radical (unpaired) electrons. The second-order valence-electron chi connectivity index (χ2n) is 10.2. The lowest BCUT2D eigenvalue weighted by Crippen LogP contribution is -2.10. The summed E-state index contributed by atoms with van der Waals surface area (Å²) in [6.45, 7) is 0. The molecule has 0 spiro atoms. The van der Waals surface area contributed by atoms with E-state index >= 15 is 0 Å². The monoisotopic (exact) mass is 527 g/mol. The Morgan fingerprint density at radius 2 is 1.07 bits per heavy atom. The van der Waals surface area contributed by atoms with Gasteiger partial charge in [0.05, 0.1) is 5.69 Å². The minimum Gasteiger partial charge on any atom is -0.310 e. The third-order valence-electron chi connectivity index (χ3n) is 7.81. The third kappa shape index (κ3) is 3.69. The van der Waals surface area contributed by atoms with E-state index in [2.05, 4.69) is 157 Å². The first-order chi connectivity index (χ1) is 19.8. The normalized spacial score (nSPS) is 11.5. The van der Waals surface area contributed by atoms with E-state index in [9.17, 15) is 0 Å². The van der Waals surface area contributed by atoms with Crippen molar-refractivity contribution in [3.8, 4) is 11.1 Å². The Kier molecular flexibility index (Phi) is 5.39. The van der Waals surface area contributed by atoms with E-state index in [4.69, 9.17) is 0 Å². The first kappa shape index (κ1) is 23.0. The summed E-state index contributed by atoms with van der Waals surface area (Å²) < 4.78 is 2.66. The summed E-state index contributed by atoms with van der Waals surface area (Å²) >= 11 is 1.90. The van der Waals surface area contributed by atoms with Crippen LogP contribution >= 0.6 is 11.3 Å². The molecule has 0 aliphatic carbocycles.